The molecule has 26 heavy (non-hydrogen) atoms. The van der Waals surface area contributed by atoms with E-state index >= 15 is 0 Å². The van der Waals surface area contributed by atoms with Crippen molar-refractivity contribution in [1.29, 1.82) is 0 Å². The van der Waals surface area contributed by atoms with Crippen LogP contribution in [0, 0.1) is 0 Å². The second kappa shape index (κ2) is 8.07. The van der Waals surface area contributed by atoms with E-state index in [1.54, 1.807) is 11.3 Å². The molecule has 1 saturated heterocycles. The number of ether oxygens (including phenoxy) is 3. The summed E-state index contributed by atoms with van der Waals surface area (Å²) < 4.78 is 16.4. The lowest BCUT2D eigenvalue weighted by atomic mass is 10.0. The van der Waals surface area contributed by atoms with Crippen LogP contribution in [0.4, 0.5) is 0 Å². The molecule has 1 amide bonds. The van der Waals surface area contributed by atoms with Crippen molar-refractivity contribution >= 4 is 17.2 Å². The zero-order valence-corrected chi connectivity index (χ0v) is 15.3. The van der Waals surface area contributed by atoms with Crippen molar-refractivity contribution < 1.29 is 19.0 Å². The number of carbonyl (C=O) groups is 1. The number of nitrogens with zero attached hydrogens (tertiary/aromatic N) is 1. The summed E-state index contributed by atoms with van der Waals surface area (Å²) in [4.78, 5) is 15.8. The van der Waals surface area contributed by atoms with Crippen LogP contribution in [-0.2, 0) is 16.0 Å². The van der Waals surface area contributed by atoms with Gasteiger partial charge in [-0.25, -0.2) is 0 Å². The van der Waals surface area contributed by atoms with Crippen LogP contribution in [0.3, 0.4) is 0 Å². The Balaban J connectivity index is 1.46. The molecule has 6 nitrogen and oxygen atoms in total. The number of nitrogens with one attached hydrogen (secondary N) is 1. The van der Waals surface area contributed by atoms with Crippen LogP contribution in [0.15, 0.2) is 35.7 Å². The van der Waals surface area contributed by atoms with Gasteiger partial charge in [0, 0.05) is 24.5 Å². The first-order valence-corrected chi connectivity index (χ1v) is 9.68. The molecule has 2 aliphatic heterocycles. The molecule has 1 fully saturated rings. The van der Waals surface area contributed by atoms with Crippen molar-refractivity contribution in [1.82, 2.24) is 10.2 Å². The molecule has 0 saturated carbocycles. The maximum absolute atomic E-state index is 12.3. The number of rotatable bonds is 6. The second-order valence-electron chi connectivity index (χ2n) is 6.34. The maximum atomic E-state index is 12.3. The second-order valence-corrected chi connectivity index (χ2v) is 7.37. The highest BCUT2D eigenvalue weighted by atomic mass is 32.1. The lowest BCUT2D eigenvalue weighted by molar-refractivity contribution is -0.120. The average Bonchev–Trinajstić information content (AvgIpc) is 3.34. The predicted octanol–water partition coefficient (Wildman–Crippen LogP) is 2.21. The zero-order chi connectivity index (χ0) is 17.8. The van der Waals surface area contributed by atoms with E-state index in [0.717, 1.165) is 35.0 Å². The maximum Gasteiger partial charge on any atom is 0.231 e. The highest BCUT2D eigenvalue weighted by Gasteiger charge is 2.25. The van der Waals surface area contributed by atoms with E-state index in [0.29, 0.717) is 26.2 Å². The molecule has 0 bridgehead atoms. The van der Waals surface area contributed by atoms with E-state index in [1.165, 1.54) is 0 Å². The van der Waals surface area contributed by atoms with Crippen molar-refractivity contribution in [3.63, 3.8) is 0 Å². The molecule has 1 aromatic carbocycles. The SMILES string of the molecule is O=C(Cc1cccs1)NC[C@H](c1ccc2c(c1)OCO2)N1CCOCC1. The zero-order valence-electron chi connectivity index (χ0n) is 14.5. The third kappa shape index (κ3) is 4.00. The van der Waals surface area contributed by atoms with E-state index in [9.17, 15) is 4.79 Å². The molecule has 0 aliphatic carbocycles. The Hall–Kier alpha value is -2.09. The molecule has 1 N–H and O–H groups in total. The van der Waals surface area contributed by atoms with Gasteiger partial charge < -0.3 is 19.5 Å². The number of fused-ring (bicyclic) bond motifs is 1. The van der Waals surface area contributed by atoms with Gasteiger partial charge in [0.25, 0.3) is 0 Å². The minimum Gasteiger partial charge on any atom is -0.454 e. The van der Waals surface area contributed by atoms with Gasteiger partial charge in [0.2, 0.25) is 12.7 Å². The van der Waals surface area contributed by atoms with Crippen LogP contribution >= 0.6 is 11.3 Å². The molecule has 138 valence electrons. The summed E-state index contributed by atoms with van der Waals surface area (Å²) in [6.45, 7) is 3.94. The van der Waals surface area contributed by atoms with Crippen LogP contribution in [0.1, 0.15) is 16.5 Å². The van der Waals surface area contributed by atoms with Crippen LogP contribution < -0.4 is 14.8 Å². The largest absolute Gasteiger partial charge is 0.454 e. The number of benzene rings is 1. The normalized spacial score (nSPS) is 17.8. The molecular weight excluding hydrogens is 352 g/mol. The van der Waals surface area contributed by atoms with Gasteiger partial charge >= 0.3 is 0 Å². The molecule has 2 aromatic rings. The molecule has 4 rings (SSSR count). The lowest BCUT2D eigenvalue weighted by Crippen LogP contribution is -2.44. The number of hydrogen-bond donors (Lipinski definition) is 1. The van der Waals surface area contributed by atoms with Gasteiger partial charge in [0.05, 0.1) is 25.7 Å². The van der Waals surface area contributed by atoms with Crippen molar-refractivity contribution in [2.24, 2.45) is 0 Å². The summed E-state index contributed by atoms with van der Waals surface area (Å²) in [5.41, 5.74) is 1.12. The molecule has 2 aliphatic rings. The minimum atomic E-state index is 0.0476. The third-order valence-electron chi connectivity index (χ3n) is 4.68. The quantitative estimate of drug-likeness (QED) is 0.840. The Labute approximate surface area is 156 Å². The molecular formula is C19H22N2O4S. The van der Waals surface area contributed by atoms with E-state index in [4.69, 9.17) is 14.2 Å². The average molecular weight is 374 g/mol. The molecule has 0 radical (unpaired) electrons. The highest BCUT2D eigenvalue weighted by Crippen LogP contribution is 2.35. The summed E-state index contributed by atoms with van der Waals surface area (Å²) in [5, 5.41) is 5.09. The summed E-state index contributed by atoms with van der Waals surface area (Å²) in [6.07, 6.45) is 0.425. The molecule has 1 atom stereocenters. The van der Waals surface area contributed by atoms with Gasteiger partial charge in [-0.15, -0.1) is 11.3 Å². The van der Waals surface area contributed by atoms with E-state index in [1.807, 2.05) is 29.6 Å². The molecule has 0 unspecified atom stereocenters. The number of amides is 1. The van der Waals surface area contributed by atoms with Crippen LogP contribution in [-0.4, -0.2) is 50.4 Å². The topological polar surface area (TPSA) is 60.0 Å². The van der Waals surface area contributed by atoms with Crippen LogP contribution in [0.2, 0.25) is 0 Å². The number of hydrogen-bond acceptors (Lipinski definition) is 6. The summed E-state index contributed by atoms with van der Waals surface area (Å²) in [6, 6.07) is 10.1. The first-order chi connectivity index (χ1) is 12.8. The summed E-state index contributed by atoms with van der Waals surface area (Å²) >= 11 is 1.61. The first kappa shape index (κ1) is 17.3. The van der Waals surface area contributed by atoms with Crippen molar-refractivity contribution in [3.8, 4) is 11.5 Å². The van der Waals surface area contributed by atoms with Crippen LogP contribution in [0.25, 0.3) is 0 Å². The first-order valence-electron chi connectivity index (χ1n) is 8.80. The van der Waals surface area contributed by atoms with Gasteiger partial charge in [-0.05, 0) is 29.1 Å². The Morgan fingerprint density at radius 2 is 2.04 bits per heavy atom. The van der Waals surface area contributed by atoms with E-state index in [-0.39, 0.29) is 18.7 Å². The van der Waals surface area contributed by atoms with Gasteiger partial charge in [-0.3, -0.25) is 9.69 Å². The Kier molecular flexibility index (Phi) is 5.38. The number of morpholine rings is 1. The van der Waals surface area contributed by atoms with E-state index in [2.05, 4.69) is 16.3 Å². The van der Waals surface area contributed by atoms with Crippen LogP contribution in [0.5, 0.6) is 11.5 Å². The van der Waals surface area contributed by atoms with Gasteiger partial charge in [-0.2, -0.15) is 0 Å². The van der Waals surface area contributed by atoms with Crippen molar-refractivity contribution in [2.45, 2.75) is 12.5 Å². The standard InChI is InChI=1S/C19H22N2O4S/c22-19(11-15-2-1-9-26-15)20-12-16(21-5-7-23-8-6-21)14-3-4-17-18(10-14)25-13-24-17/h1-4,9-10,16H,5-8,11-13H2,(H,20,22)/t16-/m1/s1. The number of carbonyl (C=O) groups excluding carboxylic acids is 1. The Morgan fingerprint density at radius 3 is 2.85 bits per heavy atom. The fraction of sp³-hybridized carbons (Fsp3) is 0.421. The molecule has 3 heterocycles. The summed E-state index contributed by atoms with van der Waals surface area (Å²) in [7, 11) is 0. The number of thiophene rings is 1. The Bertz CT molecular complexity index is 744. The third-order valence-corrected chi connectivity index (χ3v) is 5.55. The van der Waals surface area contributed by atoms with Crippen molar-refractivity contribution in [3.05, 3.63) is 46.2 Å². The lowest BCUT2D eigenvalue weighted by Gasteiger charge is -2.35. The fourth-order valence-electron chi connectivity index (χ4n) is 3.31. The minimum absolute atomic E-state index is 0.0476. The Morgan fingerprint density at radius 1 is 1.19 bits per heavy atom. The molecule has 0 spiro atoms. The highest BCUT2D eigenvalue weighted by molar-refractivity contribution is 7.10. The summed E-state index contributed by atoms with van der Waals surface area (Å²) in [5.74, 6) is 1.59. The molecule has 7 heteroatoms. The smallest absolute Gasteiger partial charge is 0.231 e. The van der Waals surface area contributed by atoms with Gasteiger partial charge in [0.15, 0.2) is 11.5 Å². The van der Waals surface area contributed by atoms with Gasteiger partial charge in [0.1, 0.15) is 0 Å². The van der Waals surface area contributed by atoms with Gasteiger partial charge in [-0.1, -0.05) is 12.1 Å². The van der Waals surface area contributed by atoms with E-state index < -0.39 is 0 Å². The monoisotopic (exact) mass is 374 g/mol. The van der Waals surface area contributed by atoms with Crippen molar-refractivity contribution in [2.75, 3.05) is 39.6 Å². The fourth-order valence-corrected chi connectivity index (χ4v) is 4.02. The molecule has 1 aromatic heterocycles. The predicted molar refractivity (Wildman–Crippen MR) is 98.7 cm³/mol.